The molecule has 28 heavy (non-hydrogen) atoms. The molecular formula is C18H18Cl3N5O2. The van der Waals surface area contributed by atoms with Gasteiger partial charge in [0.05, 0.1) is 15.7 Å². The van der Waals surface area contributed by atoms with Gasteiger partial charge < -0.3 is 10.1 Å². The van der Waals surface area contributed by atoms with Crippen LogP contribution >= 0.6 is 34.8 Å². The second-order valence-corrected chi connectivity index (χ2v) is 7.19. The van der Waals surface area contributed by atoms with Gasteiger partial charge in [-0.25, -0.2) is 4.68 Å². The average Bonchev–Trinajstić information content (AvgIpc) is 3.27. The minimum absolute atomic E-state index is 0.104. The highest BCUT2D eigenvalue weighted by Gasteiger charge is 2.10. The fourth-order valence-electron chi connectivity index (χ4n) is 2.43. The molecule has 1 N–H and O–H groups in total. The Labute approximate surface area is 177 Å². The third kappa shape index (κ3) is 5.19. The lowest BCUT2D eigenvalue weighted by atomic mass is 10.3. The first kappa shape index (κ1) is 20.5. The molecule has 10 heteroatoms. The fraction of sp³-hybridized carbons (Fsp3) is 0.278. The van der Waals surface area contributed by atoms with Gasteiger partial charge in [0.2, 0.25) is 0 Å². The van der Waals surface area contributed by atoms with E-state index in [1.165, 1.54) is 4.68 Å². The summed E-state index contributed by atoms with van der Waals surface area (Å²) in [5.74, 6) is 0.193. The van der Waals surface area contributed by atoms with Crippen molar-refractivity contribution >= 4 is 40.7 Å². The Balaban J connectivity index is 1.45. The van der Waals surface area contributed by atoms with Gasteiger partial charge in [0.15, 0.2) is 6.73 Å². The van der Waals surface area contributed by atoms with Crippen molar-refractivity contribution in [3.63, 3.8) is 0 Å². The quantitative estimate of drug-likeness (QED) is 0.531. The third-order valence-corrected chi connectivity index (χ3v) is 5.05. The molecule has 7 nitrogen and oxygen atoms in total. The molecule has 0 saturated carbocycles. The lowest BCUT2D eigenvalue weighted by Gasteiger charge is -2.08. The second kappa shape index (κ2) is 9.32. The molecule has 1 amide bonds. The molecule has 3 aromatic rings. The van der Waals surface area contributed by atoms with E-state index in [0.717, 1.165) is 12.1 Å². The van der Waals surface area contributed by atoms with Crippen LogP contribution < -0.4 is 10.1 Å². The van der Waals surface area contributed by atoms with Crippen LogP contribution in [0.4, 0.5) is 0 Å². The lowest BCUT2D eigenvalue weighted by Crippen LogP contribution is -2.26. The number of ether oxygens (including phenoxy) is 1. The van der Waals surface area contributed by atoms with Crippen LogP contribution in [0.15, 0.2) is 36.7 Å². The van der Waals surface area contributed by atoms with E-state index >= 15 is 0 Å². The third-order valence-electron chi connectivity index (χ3n) is 3.88. The van der Waals surface area contributed by atoms with Crippen molar-refractivity contribution in [1.82, 2.24) is 24.9 Å². The first-order chi connectivity index (χ1) is 13.4. The Morgan fingerprint density at radius 3 is 2.71 bits per heavy atom. The highest BCUT2D eigenvalue weighted by atomic mass is 35.5. The number of carbonyl (C=O) groups is 1. The molecule has 0 aliphatic heterocycles. The monoisotopic (exact) mass is 441 g/mol. The van der Waals surface area contributed by atoms with E-state index in [1.54, 1.807) is 41.3 Å². The number of nitrogens with zero attached hydrogens (tertiary/aromatic N) is 4. The molecule has 0 unspecified atom stereocenters. The predicted molar refractivity (Wildman–Crippen MR) is 108 cm³/mol. The van der Waals surface area contributed by atoms with Gasteiger partial charge in [0, 0.05) is 25.5 Å². The molecule has 0 aliphatic carbocycles. The van der Waals surface area contributed by atoms with Crippen molar-refractivity contribution < 1.29 is 9.53 Å². The number of aryl methyl sites for hydroxylation is 2. The SMILES string of the molecule is Cc1nn(CCCNC(=O)c2ccn(COc3cccc(Cl)c3Cl)n2)cc1Cl. The molecule has 3 rings (SSSR count). The Morgan fingerprint density at radius 2 is 1.96 bits per heavy atom. The maximum Gasteiger partial charge on any atom is 0.271 e. The fourth-order valence-corrected chi connectivity index (χ4v) is 2.92. The molecule has 148 valence electrons. The molecular weight excluding hydrogens is 425 g/mol. The molecule has 0 bridgehead atoms. The van der Waals surface area contributed by atoms with Crippen molar-refractivity contribution in [2.45, 2.75) is 26.6 Å². The summed E-state index contributed by atoms with van der Waals surface area (Å²) < 4.78 is 8.85. The molecule has 0 radical (unpaired) electrons. The molecule has 0 spiro atoms. The van der Waals surface area contributed by atoms with Crippen molar-refractivity contribution in [1.29, 1.82) is 0 Å². The number of nitrogens with one attached hydrogen (secondary N) is 1. The highest BCUT2D eigenvalue weighted by Crippen LogP contribution is 2.31. The smallest absolute Gasteiger partial charge is 0.271 e. The lowest BCUT2D eigenvalue weighted by molar-refractivity contribution is 0.0945. The molecule has 0 fully saturated rings. The summed E-state index contributed by atoms with van der Waals surface area (Å²) >= 11 is 18.0. The number of halogens is 3. The van der Waals surface area contributed by atoms with Gasteiger partial charge in [-0.05, 0) is 31.5 Å². The van der Waals surface area contributed by atoms with Gasteiger partial charge in [-0.15, -0.1) is 0 Å². The largest absolute Gasteiger partial charge is 0.470 e. The van der Waals surface area contributed by atoms with Gasteiger partial charge in [0.1, 0.15) is 16.5 Å². The maximum atomic E-state index is 12.2. The van der Waals surface area contributed by atoms with Crippen LogP contribution in [-0.4, -0.2) is 32.0 Å². The first-order valence-electron chi connectivity index (χ1n) is 8.52. The topological polar surface area (TPSA) is 74.0 Å². The number of hydrogen-bond acceptors (Lipinski definition) is 4. The summed E-state index contributed by atoms with van der Waals surface area (Å²) in [5, 5.41) is 12.7. The second-order valence-electron chi connectivity index (χ2n) is 6.00. The summed E-state index contributed by atoms with van der Waals surface area (Å²) in [5.41, 5.74) is 1.09. The summed E-state index contributed by atoms with van der Waals surface area (Å²) in [6.45, 7) is 3.11. The predicted octanol–water partition coefficient (Wildman–Crippen LogP) is 4.20. The van der Waals surface area contributed by atoms with Gasteiger partial charge in [-0.2, -0.15) is 10.2 Å². The minimum atomic E-state index is -0.255. The number of aromatic nitrogens is 4. The molecule has 1 aromatic carbocycles. The highest BCUT2D eigenvalue weighted by molar-refractivity contribution is 6.42. The van der Waals surface area contributed by atoms with E-state index in [1.807, 2.05) is 6.92 Å². The molecule has 0 atom stereocenters. The maximum absolute atomic E-state index is 12.2. The van der Waals surface area contributed by atoms with Crippen LogP contribution in [-0.2, 0) is 13.3 Å². The zero-order valence-electron chi connectivity index (χ0n) is 15.0. The van der Waals surface area contributed by atoms with E-state index < -0.39 is 0 Å². The van der Waals surface area contributed by atoms with Crippen LogP contribution in [0.5, 0.6) is 5.75 Å². The van der Waals surface area contributed by atoms with Crippen LogP contribution in [0.25, 0.3) is 0 Å². The molecule has 0 aliphatic rings. The van der Waals surface area contributed by atoms with Crippen LogP contribution in [0.2, 0.25) is 15.1 Å². The Morgan fingerprint density at radius 1 is 1.14 bits per heavy atom. The number of hydrogen-bond donors (Lipinski definition) is 1. The minimum Gasteiger partial charge on any atom is -0.470 e. The average molecular weight is 443 g/mol. The van der Waals surface area contributed by atoms with E-state index in [4.69, 9.17) is 39.5 Å². The number of amides is 1. The molecule has 2 heterocycles. The van der Waals surface area contributed by atoms with Gasteiger partial charge in [-0.1, -0.05) is 40.9 Å². The Kier molecular flexibility index (Phi) is 6.83. The van der Waals surface area contributed by atoms with E-state index in [2.05, 4.69) is 15.5 Å². The van der Waals surface area contributed by atoms with E-state index in [0.29, 0.717) is 39.6 Å². The van der Waals surface area contributed by atoms with Crippen molar-refractivity contribution in [3.8, 4) is 5.75 Å². The van der Waals surface area contributed by atoms with Crippen LogP contribution in [0.1, 0.15) is 22.6 Å². The molecule has 2 aromatic heterocycles. The van der Waals surface area contributed by atoms with Gasteiger partial charge in [-0.3, -0.25) is 9.48 Å². The van der Waals surface area contributed by atoms with Crippen LogP contribution in [0.3, 0.4) is 0 Å². The number of rotatable bonds is 8. The normalized spacial score (nSPS) is 10.9. The number of benzene rings is 1. The number of carbonyl (C=O) groups excluding carboxylic acids is 1. The van der Waals surface area contributed by atoms with Crippen LogP contribution in [0, 0.1) is 6.92 Å². The van der Waals surface area contributed by atoms with E-state index in [9.17, 15) is 4.79 Å². The van der Waals surface area contributed by atoms with Crippen molar-refractivity contribution in [2.75, 3.05) is 6.54 Å². The van der Waals surface area contributed by atoms with Gasteiger partial charge in [0.25, 0.3) is 5.91 Å². The van der Waals surface area contributed by atoms with Crippen molar-refractivity contribution in [2.24, 2.45) is 0 Å². The van der Waals surface area contributed by atoms with E-state index in [-0.39, 0.29) is 12.6 Å². The summed E-state index contributed by atoms with van der Waals surface area (Å²) in [6, 6.07) is 6.74. The zero-order chi connectivity index (χ0) is 20.1. The van der Waals surface area contributed by atoms with Crippen molar-refractivity contribution in [3.05, 3.63) is 63.1 Å². The summed E-state index contributed by atoms with van der Waals surface area (Å²) in [7, 11) is 0. The summed E-state index contributed by atoms with van der Waals surface area (Å²) in [6.07, 6.45) is 4.15. The summed E-state index contributed by atoms with van der Waals surface area (Å²) in [4.78, 5) is 12.2. The zero-order valence-corrected chi connectivity index (χ0v) is 17.3. The Bertz CT molecular complexity index is 951. The standard InChI is InChI=1S/C18H18Cl3N5O2/c1-12-14(20)10-25(23-12)8-3-7-22-18(27)15-6-9-26(24-15)11-28-16-5-2-4-13(19)17(16)21/h2,4-6,9-10H,3,7-8,11H2,1H3,(H,22,27). The molecule has 0 saturated heterocycles. The Hall–Kier alpha value is -2.22. The van der Waals surface area contributed by atoms with Gasteiger partial charge >= 0.3 is 0 Å². The first-order valence-corrected chi connectivity index (χ1v) is 9.65.